The predicted molar refractivity (Wildman–Crippen MR) is 89.5 cm³/mol. The summed E-state index contributed by atoms with van der Waals surface area (Å²) in [6, 6.07) is 0. The van der Waals surface area contributed by atoms with E-state index in [-0.39, 0.29) is 5.57 Å². The molecule has 7 unspecified atom stereocenters. The van der Waals surface area contributed by atoms with E-state index < -0.39 is 79.2 Å². The molecule has 1 aliphatic carbocycles. The smallest absolute Gasteiger partial charge is 0.339 e. The van der Waals surface area contributed by atoms with Crippen LogP contribution < -0.4 is 0 Å². The number of hydrogen-bond acceptors (Lipinski definition) is 12. The average molecular weight is 422 g/mol. The Balaban J connectivity index is 1.92. The summed E-state index contributed by atoms with van der Waals surface area (Å²) in [6.07, 6.45) is -10.5. The molecule has 2 fully saturated rings. The maximum absolute atomic E-state index is 12.1. The van der Waals surface area contributed by atoms with Crippen LogP contribution in [0.25, 0.3) is 0 Å². The van der Waals surface area contributed by atoms with E-state index in [1.165, 1.54) is 6.92 Å². The van der Waals surface area contributed by atoms with Crippen LogP contribution in [0.15, 0.2) is 11.8 Å². The molecule has 166 valence electrons. The highest BCUT2D eigenvalue weighted by Crippen LogP contribution is 2.52. The van der Waals surface area contributed by atoms with Gasteiger partial charge in [0.2, 0.25) is 6.29 Å². The van der Waals surface area contributed by atoms with Gasteiger partial charge in [0.05, 0.1) is 37.6 Å². The van der Waals surface area contributed by atoms with E-state index in [0.717, 1.165) is 13.4 Å². The van der Waals surface area contributed by atoms with Crippen LogP contribution in [0.1, 0.15) is 13.3 Å². The van der Waals surface area contributed by atoms with Gasteiger partial charge in [0, 0.05) is 6.42 Å². The molecule has 12 heteroatoms. The first-order valence-electron chi connectivity index (χ1n) is 9.02. The molecule has 0 aromatic carbocycles. The second-order valence-corrected chi connectivity index (χ2v) is 7.71. The maximum Gasteiger partial charge on any atom is 0.339 e. The minimum Gasteiger partial charge on any atom is -0.471 e. The summed E-state index contributed by atoms with van der Waals surface area (Å²) < 4.78 is 20.7. The van der Waals surface area contributed by atoms with Crippen molar-refractivity contribution < 1.29 is 59.5 Å². The predicted octanol–water partition coefficient (Wildman–Crippen LogP) is -3.92. The van der Waals surface area contributed by atoms with E-state index in [0.29, 0.717) is 0 Å². The molecule has 12 nitrogen and oxygen atoms in total. The number of carbonyl (C=O) groups excluding carboxylic acids is 1. The van der Waals surface area contributed by atoms with Gasteiger partial charge in [-0.25, -0.2) is 4.79 Å². The Morgan fingerprint density at radius 3 is 2.41 bits per heavy atom. The topological polar surface area (TPSA) is 196 Å². The third-order valence-electron chi connectivity index (χ3n) is 5.90. The lowest BCUT2D eigenvalue weighted by atomic mass is 9.77. The Hall–Kier alpha value is -1.35. The van der Waals surface area contributed by atoms with E-state index >= 15 is 0 Å². The van der Waals surface area contributed by atoms with Crippen molar-refractivity contribution in [1.82, 2.24) is 0 Å². The van der Waals surface area contributed by atoms with Crippen molar-refractivity contribution in [2.45, 2.75) is 67.6 Å². The van der Waals surface area contributed by atoms with Gasteiger partial charge in [0.25, 0.3) is 0 Å². The molecule has 0 bridgehead atoms. The Kier molecular flexibility index (Phi) is 5.95. The average Bonchev–Trinajstić information content (AvgIpc) is 2.86. The largest absolute Gasteiger partial charge is 0.471 e. The van der Waals surface area contributed by atoms with Crippen molar-refractivity contribution >= 4 is 5.97 Å². The van der Waals surface area contributed by atoms with Crippen molar-refractivity contribution in [3.05, 3.63) is 11.8 Å². The molecule has 29 heavy (non-hydrogen) atoms. The zero-order valence-electron chi connectivity index (χ0n) is 15.8. The molecule has 7 N–H and O–H groups in total. The fraction of sp³-hybridized carbons (Fsp3) is 0.824. The van der Waals surface area contributed by atoms with E-state index in [2.05, 4.69) is 4.74 Å². The first kappa shape index (κ1) is 22.3. The highest BCUT2D eigenvalue weighted by Gasteiger charge is 2.67. The number of rotatable bonds is 4. The molecule has 10 atom stereocenters. The standard InChI is InChI=1S/C17H26O12/c1-16(24)8(19)3-17(25)6(13(23)26-2)5-27-15(12(16)17)29-14-11(22)10(21)9(20)7(4-18)28-14/h5,7-12,14-15,18-22,24-25H,3-4H2,1-2H3/t7?,8?,9?,10?,11?,12-,14?,15?,16+,17+/m1/s1. The zero-order valence-corrected chi connectivity index (χ0v) is 15.8. The van der Waals surface area contributed by atoms with Crippen molar-refractivity contribution in [1.29, 1.82) is 0 Å². The lowest BCUT2D eigenvalue weighted by molar-refractivity contribution is -0.352. The summed E-state index contributed by atoms with van der Waals surface area (Å²) in [5, 5.41) is 71.4. The molecule has 3 aliphatic rings. The Labute approximate surface area is 165 Å². The molecule has 2 aliphatic heterocycles. The molecule has 0 radical (unpaired) electrons. The summed E-state index contributed by atoms with van der Waals surface area (Å²) in [4.78, 5) is 12.1. The third kappa shape index (κ3) is 3.44. The summed E-state index contributed by atoms with van der Waals surface area (Å²) in [7, 11) is 1.08. The van der Waals surface area contributed by atoms with Crippen LogP contribution in [0.4, 0.5) is 0 Å². The molecule has 3 rings (SSSR count). The van der Waals surface area contributed by atoms with E-state index in [1.807, 2.05) is 0 Å². The normalized spacial score (nSPS) is 49.8. The van der Waals surface area contributed by atoms with Gasteiger partial charge in [0.1, 0.15) is 35.6 Å². The number of aliphatic hydroxyl groups excluding tert-OH is 5. The van der Waals surface area contributed by atoms with Crippen LogP contribution in [0.5, 0.6) is 0 Å². The van der Waals surface area contributed by atoms with Crippen molar-refractivity contribution in [2.24, 2.45) is 5.92 Å². The van der Waals surface area contributed by atoms with E-state index in [4.69, 9.17) is 14.2 Å². The Morgan fingerprint density at radius 1 is 1.17 bits per heavy atom. The lowest BCUT2D eigenvalue weighted by Gasteiger charge is -2.46. The minimum absolute atomic E-state index is 0.338. The van der Waals surface area contributed by atoms with Crippen LogP contribution in [-0.2, 0) is 23.7 Å². The lowest BCUT2D eigenvalue weighted by Crippen LogP contribution is -2.62. The highest BCUT2D eigenvalue weighted by atomic mass is 16.8. The summed E-state index contributed by atoms with van der Waals surface area (Å²) in [6.45, 7) is 0.528. The van der Waals surface area contributed by atoms with Crippen LogP contribution >= 0.6 is 0 Å². The molecule has 0 aromatic rings. The van der Waals surface area contributed by atoms with E-state index in [9.17, 15) is 40.5 Å². The molecule has 0 aromatic heterocycles. The number of fused-ring (bicyclic) bond motifs is 1. The molecule has 0 amide bonds. The fourth-order valence-electron chi connectivity index (χ4n) is 4.17. The molecule has 0 spiro atoms. The molecular weight excluding hydrogens is 396 g/mol. The Bertz CT molecular complexity index is 663. The molecule has 2 heterocycles. The zero-order chi connectivity index (χ0) is 21.7. The second-order valence-electron chi connectivity index (χ2n) is 7.71. The third-order valence-corrected chi connectivity index (χ3v) is 5.90. The molecule has 1 saturated carbocycles. The molecular formula is C17H26O12. The van der Waals surface area contributed by atoms with Gasteiger partial charge < -0.3 is 54.7 Å². The SMILES string of the molecule is COC(=O)C1=COC(OC2OC(CO)C(O)C(O)C2O)[C@@H]2[C@@](C)(O)C(O)C[C@]12O. The van der Waals surface area contributed by atoms with Crippen LogP contribution in [0, 0.1) is 5.92 Å². The number of aliphatic hydroxyl groups is 7. The molecule has 1 saturated heterocycles. The second kappa shape index (κ2) is 7.72. The van der Waals surface area contributed by atoms with Crippen LogP contribution in [-0.4, -0.2) is 110 Å². The van der Waals surface area contributed by atoms with Gasteiger partial charge in [-0.15, -0.1) is 0 Å². The van der Waals surface area contributed by atoms with Gasteiger partial charge in [-0.2, -0.15) is 0 Å². The first-order chi connectivity index (χ1) is 13.5. The van der Waals surface area contributed by atoms with Gasteiger partial charge >= 0.3 is 5.97 Å². The number of methoxy groups -OCH3 is 1. The van der Waals surface area contributed by atoms with Gasteiger partial charge in [-0.1, -0.05) is 0 Å². The van der Waals surface area contributed by atoms with Crippen LogP contribution in [0.2, 0.25) is 0 Å². The van der Waals surface area contributed by atoms with Crippen molar-refractivity contribution in [2.75, 3.05) is 13.7 Å². The van der Waals surface area contributed by atoms with Gasteiger partial charge in [0.15, 0.2) is 6.29 Å². The quantitative estimate of drug-likeness (QED) is 0.218. The monoisotopic (exact) mass is 422 g/mol. The number of carbonyl (C=O) groups is 1. The van der Waals surface area contributed by atoms with Crippen molar-refractivity contribution in [3.8, 4) is 0 Å². The summed E-state index contributed by atoms with van der Waals surface area (Å²) in [5.74, 6) is -2.36. The van der Waals surface area contributed by atoms with Gasteiger partial charge in [-0.05, 0) is 6.92 Å². The van der Waals surface area contributed by atoms with Crippen molar-refractivity contribution in [3.63, 3.8) is 0 Å². The fourth-order valence-corrected chi connectivity index (χ4v) is 4.17. The number of ether oxygens (including phenoxy) is 4. The summed E-state index contributed by atoms with van der Waals surface area (Å²) >= 11 is 0. The maximum atomic E-state index is 12.1. The van der Waals surface area contributed by atoms with Crippen LogP contribution in [0.3, 0.4) is 0 Å². The van der Waals surface area contributed by atoms with Gasteiger partial charge in [-0.3, -0.25) is 0 Å². The number of esters is 1. The minimum atomic E-state index is -2.09. The number of hydrogen-bond donors (Lipinski definition) is 7. The Morgan fingerprint density at radius 2 is 1.83 bits per heavy atom. The first-order valence-corrected chi connectivity index (χ1v) is 9.02. The highest BCUT2D eigenvalue weighted by molar-refractivity contribution is 5.91. The van der Waals surface area contributed by atoms with E-state index in [1.54, 1.807) is 0 Å². The summed E-state index contributed by atoms with van der Waals surface area (Å²) in [5.41, 5.74) is -4.41.